The lowest BCUT2D eigenvalue weighted by Crippen LogP contribution is -1.95. The Morgan fingerprint density at radius 1 is 1.33 bits per heavy atom. The lowest BCUT2D eigenvalue weighted by atomic mass is 10.3. The number of hydrogen-bond acceptors (Lipinski definition) is 3. The van der Waals surface area contributed by atoms with Crippen LogP contribution in [0.4, 0.5) is 14.5 Å². The Morgan fingerprint density at radius 3 is 2.42 bits per heavy atom. The molecule has 0 saturated heterocycles. The van der Waals surface area contributed by atoms with Crippen LogP contribution < -0.4 is 0 Å². The van der Waals surface area contributed by atoms with Crippen LogP contribution in [0.15, 0.2) is 12.1 Å². The molecule has 0 heterocycles. The summed E-state index contributed by atoms with van der Waals surface area (Å²) in [4.78, 5) is 8.93. The van der Waals surface area contributed by atoms with Crippen molar-refractivity contribution in [3.63, 3.8) is 0 Å². The van der Waals surface area contributed by atoms with Crippen molar-refractivity contribution in [2.45, 2.75) is 0 Å². The zero-order chi connectivity index (χ0) is 9.30. The molecule has 12 heavy (non-hydrogen) atoms. The molecule has 1 rings (SSSR count). The van der Waals surface area contributed by atoms with Crippen molar-refractivity contribution in [1.29, 1.82) is 0 Å². The van der Waals surface area contributed by atoms with E-state index in [0.717, 1.165) is 6.07 Å². The minimum Gasteiger partial charge on any atom is -0.505 e. The Labute approximate surface area is 65.2 Å². The van der Waals surface area contributed by atoms with Gasteiger partial charge in [-0.15, -0.1) is 0 Å². The summed E-state index contributed by atoms with van der Waals surface area (Å²) >= 11 is 0. The molecule has 1 N–H and O–H groups in total. The van der Waals surface area contributed by atoms with Gasteiger partial charge in [0.1, 0.15) is 0 Å². The quantitative estimate of drug-likeness (QED) is 0.520. The van der Waals surface area contributed by atoms with Crippen LogP contribution in [0, 0.1) is 21.7 Å². The lowest BCUT2D eigenvalue weighted by molar-refractivity contribution is -0.387. The largest absolute Gasteiger partial charge is 0.505 e. The van der Waals surface area contributed by atoms with Gasteiger partial charge in [-0.05, 0) is 6.07 Å². The zero-order valence-electron chi connectivity index (χ0n) is 5.62. The van der Waals surface area contributed by atoms with Gasteiger partial charge in [0.2, 0.25) is 11.6 Å². The molecule has 0 aliphatic carbocycles. The predicted molar refractivity (Wildman–Crippen MR) is 34.7 cm³/mol. The SMILES string of the molecule is O=[N+]([O-])c1ccc(O)c(F)c1F. The van der Waals surface area contributed by atoms with Gasteiger partial charge in [-0.1, -0.05) is 0 Å². The van der Waals surface area contributed by atoms with E-state index in [2.05, 4.69) is 0 Å². The average Bonchev–Trinajstić information content (AvgIpc) is 2.00. The Bertz CT molecular complexity index is 340. The van der Waals surface area contributed by atoms with Crippen molar-refractivity contribution in [3.05, 3.63) is 33.9 Å². The number of halogens is 2. The molecule has 0 radical (unpaired) electrons. The summed E-state index contributed by atoms with van der Waals surface area (Å²) in [6.45, 7) is 0. The minimum atomic E-state index is -1.65. The molecule has 0 amide bonds. The second kappa shape index (κ2) is 2.72. The number of hydrogen-bond donors (Lipinski definition) is 1. The number of nitro benzene ring substituents is 1. The smallest absolute Gasteiger partial charge is 0.308 e. The molecule has 0 unspecified atom stereocenters. The molecule has 0 saturated carbocycles. The number of benzene rings is 1. The summed E-state index contributed by atoms with van der Waals surface area (Å²) in [5.41, 5.74) is -0.995. The third kappa shape index (κ3) is 1.18. The Kier molecular flexibility index (Phi) is 1.90. The third-order valence-corrected chi connectivity index (χ3v) is 1.24. The maximum absolute atomic E-state index is 12.5. The van der Waals surface area contributed by atoms with Gasteiger partial charge in [0.25, 0.3) is 0 Å². The number of phenolic OH excluding ortho intramolecular Hbond substituents is 1. The molecular formula is C6H3F2NO3. The number of phenols is 1. The van der Waals surface area contributed by atoms with Gasteiger partial charge in [0.05, 0.1) is 4.92 Å². The molecule has 4 nitrogen and oxygen atoms in total. The van der Waals surface area contributed by atoms with E-state index in [1.807, 2.05) is 0 Å². The highest BCUT2D eigenvalue weighted by Crippen LogP contribution is 2.25. The van der Waals surface area contributed by atoms with E-state index >= 15 is 0 Å². The second-order valence-corrected chi connectivity index (χ2v) is 1.99. The highest BCUT2D eigenvalue weighted by Gasteiger charge is 2.20. The summed E-state index contributed by atoms with van der Waals surface area (Å²) in [5, 5.41) is 18.6. The summed E-state index contributed by atoms with van der Waals surface area (Å²) < 4.78 is 25.0. The minimum absolute atomic E-state index is 0.688. The fourth-order valence-electron chi connectivity index (χ4n) is 0.670. The monoisotopic (exact) mass is 175 g/mol. The van der Waals surface area contributed by atoms with Crippen LogP contribution in [-0.4, -0.2) is 10.0 Å². The maximum atomic E-state index is 12.5. The molecule has 0 aliphatic rings. The first-order valence-electron chi connectivity index (χ1n) is 2.85. The summed E-state index contributed by atoms with van der Waals surface area (Å²) in [5.74, 6) is -4.21. The molecule has 0 aromatic heterocycles. The van der Waals surface area contributed by atoms with Crippen molar-refractivity contribution in [2.24, 2.45) is 0 Å². The van der Waals surface area contributed by atoms with E-state index in [-0.39, 0.29) is 0 Å². The first-order chi connectivity index (χ1) is 5.54. The average molecular weight is 175 g/mol. The summed E-state index contributed by atoms with van der Waals surface area (Å²) in [7, 11) is 0. The number of nitro groups is 1. The molecule has 0 fully saturated rings. The molecular weight excluding hydrogens is 172 g/mol. The van der Waals surface area contributed by atoms with E-state index in [1.54, 1.807) is 0 Å². The first kappa shape index (κ1) is 8.38. The van der Waals surface area contributed by atoms with Crippen LogP contribution in [0.5, 0.6) is 5.75 Å². The van der Waals surface area contributed by atoms with Gasteiger partial charge in [-0.3, -0.25) is 10.1 Å². The molecule has 0 atom stereocenters. The van der Waals surface area contributed by atoms with Crippen molar-refractivity contribution in [3.8, 4) is 5.75 Å². The second-order valence-electron chi connectivity index (χ2n) is 1.99. The topological polar surface area (TPSA) is 63.4 Å². The zero-order valence-corrected chi connectivity index (χ0v) is 5.62. The van der Waals surface area contributed by atoms with E-state index in [9.17, 15) is 18.9 Å². The van der Waals surface area contributed by atoms with E-state index in [4.69, 9.17) is 5.11 Å². The fourth-order valence-corrected chi connectivity index (χ4v) is 0.670. The molecule has 0 aliphatic heterocycles. The predicted octanol–water partition coefficient (Wildman–Crippen LogP) is 1.58. The molecule has 0 spiro atoms. The van der Waals surface area contributed by atoms with Crippen molar-refractivity contribution in [1.82, 2.24) is 0 Å². The van der Waals surface area contributed by atoms with Crippen molar-refractivity contribution < 1.29 is 18.8 Å². The number of aromatic hydroxyl groups is 1. The van der Waals surface area contributed by atoms with Crippen LogP contribution in [0.3, 0.4) is 0 Å². The number of nitrogens with zero attached hydrogens (tertiary/aromatic N) is 1. The third-order valence-electron chi connectivity index (χ3n) is 1.24. The van der Waals surface area contributed by atoms with Crippen molar-refractivity contribution in [2.75, 3.05) is 0 Å². The van der Waals surface area contributed by atoms with Gasteiger partial charge in [-0.25, -0.2) is 0 Å². The fraction of sp³-hybridized carbons (Fsp3) is 0. The van der Waals surface area contributed by atoms with E-state index in [1.165, 1.54) is 0 Å². The molecule has 64 valence electrons. The summed E-state index contributed by atoms with van der Waals surface area (Å²) in [6, 6.07) is 1.41. The van der Waals surface area contributed by atoms with Crippen LogP contribution in [-0.2, 0) is 0 Å². The molecule has 0 bridgehead atoms. The van der Waals surface area contributed by atoms with Crippen LogP contribution >= 0.6 is 0 Å². The van der Waals surface area contributed by atoms with Gasteiger partial charge in [-0.2, -0.15) is 8.78 Å². The van der Waals surface area contributed by atoms with E-state index in [0.29, 0.717) is 6.07 Å². The Balaban J connectivity index is 3.36. The van der Waals surface area contributed by atoms with Crippen molar-refractivity contribution >= 4 is 5.69 Å². The normalized spacial score (nSPS) is 9.83. The Morgan fingerprint density at radius 2 is 1.92 bits per heavy atom. The highest BCUT2D eigenvalue weighted by atomic mass is 19.2. The van der Waals surface area contributed by atoms with E-state index < -0.39 is 28.0 Å². The molecule has 6 heteroatoms. The standard InChI is InChI=1S/C6H3F2NO3/c7-5-3(9(11)12)1-2-4(10)6(5)8/h1-2,10H. The van der Waals surface area contributed by atoms with Gasteiger partial charge in [0, 0.05) is 6.07 Å². The Hall–Kier alpha value is -1.72. The number of rotatable bonds is 1. The van der Waals surface area contributed by atoms with Gasteiger partial charge in [0.15, 0.2) is 5.75 Å². The maximum Gasteiger partial charge on any atom is 0.308 e. The van der Waals surface area contributed by atoms with Gasteiger partial charge < -0.3 is 5.11 Å². The van der Waals surface area contributed by atoms with Gasteiger partial charge >= 0.3 is 5.69 Å². The highest BCUT2D eigenvalue weighted by molar-refractivity contribution is 5.38. The van der Waals surface area contributed by atoms with Crippen LogP contribution in [0.2, 0.25) is 0 Å². The lowest BCUT2D eigenvalue weighted by Gasteiger charge is -1.96. The van der Waals surface area contributed by atoms with Crippen LogP contribution in [0.25, 0.3) is 0 Å². The molecule has 1 aromatic rings. The summed E-state index contributed by atoms with van der Waals surface area (Å²) in [6.07, 6.45) is 0. The molecule has 1 aromatic carbocycles. The first-order valence-corrected chi connectivity index (χ1v) is 2.85. The van der Waals surface area contributed by atoms with Crippen LogP contribution in [0.1, 0.15) is 0 Å².